The molecule has 0 N–H and O–H groups in total. The van der Waals surface area contributed by atoms with Gasteiger partial charge in [-0.15, -0.1) is 11.6 Å². The minimum Gasteiger partial charge on any atom is -0.118 e. The van der Waals surface area contributed by atoms with Crippen molar-refractivity contribution in [2.24, 2.45) is 0 Å². The molecular formula is C13H14Cl2. The molecule has 1 aliphatic rings. The van der Waals surface area contributed by atoms with E-state index in [1.807, 2.05) is 18.2 Å². The fraction of sp³-hybridized carbons (Fsp3) is 0.385. The number of hydrogen-bond acceptors (Lipinski definition) is 0. The van der Waals surface area contributed by atoms with E-state index in [1.165, 1.54) is 18.4 Å². The van der Waals surface area contributed by atoms with Crippen LogP contribution in [0.5, 0.6) is 0 Å². The molecule has 2 rings (SSSR count). The summed E-state index contributed by atoms with van der Waals surface area (Å²) in [7, 11) is 0. The Hall–Kier alpha value is -0.460. The molecular weight excluding hydrogens is 227 g/mol. The Kier molecular flexibility index (Phi) is 3.71. The van der Waals surface area contributed by atoms with Crippen LogP contribution in [0.15, 0.2) is 30.3 Å². The van der Waals surface area contributed by atoms with Crippen molar-refractivity contribution in [2.45, 2.75) is 31.1 Å². The molecule has 1 atom stereocenters. The van der Waals surface area contributed by atoms with Crippen molar-refractivity contribution in [1.82, 2.24) is 0 Å². The van der Waals surface area contributed by atoms with E-state index >= 15 is 0 Å². The Labute approximate surface area is 101 Å². The van der Waals surface area contributed by atoms with Crippen molar-refractivity contribution in [2.75, 3.05) is 0 Å². The lowest BCUT2D eigenvalue weighted by molar-refractivity contribution is 0.724. The van der Waals surface area contributed by atoms with Crippen molar-refractivity contribution < 1.29 is 0 Å². The molecule has 0 amide bonds. The van der Waals surface area contributed by atoms with Crippen LogP contribution < -0.4 is 0 Å². The summed E-state index contributed by atoms with van der Waals surface area (Å²) in [6.07, 6.45) is 6.75. The van der Waals surface area contributed by atoms with Crippen LogP contribution in [0.3, 0.4) is 0 Å². The average Bonchev–Trinajstić information content (AvgIpc) is 2.43. The summed E-state index contributed by atoms with van der Waals surface area (Å²) >= 11 is 12.4. The Morgan fingerprint density at radius 3 is 2.73 bits per heavy atom. The molecule has 80 valence electrons. The van der Waals surface area contributed by atoms with Gasteiger partial charge in [-0.25, -0.2) is 0 Å². The second-order valence-electron chi connectivity index (χ2n) is 3.93. The zero-order valence-corrected chi connectivity index (χ0v) is 10.1. The first-order valence-corrected chi connectivity index (χ1v) is 6.18. The van der Waals surface area contributed by atoms with Gasteiger partial charge in [0.15, 0.2) is 0 Å². The topological polar surface area (TPSA) is 0 Å². The fourth-order valence-corrected chi connectivity index (χ4v) is 2.55. The van der Waals surface area contributed by atoms with Crippen molar-refractivity contribution >= 4 is 28.8 Å². The first-order chi connectivity index (χ1) is 7.27. The lowest BCUT2D eigenvalue weighted by atomic mass is 10.0. The Bertz CT molecular complexity index is 369. The first-order valence-electron chi connectivity index (χ1n) is 5.37. The third-order valence-electron chi connectivity index (χ3n) is 2.78. The first kappa shape index (κ1) is 11.0. The summed E-state index contributed by atoms with van der Waals surface area (Å²) in [5.41, 5.74) is 2.45. The number of allylic oxidation sites excluding steroid dienone is 2. The van der Waals surface area contributed by atoms with E-state index in [0.29, 0.717) is 0 Å². The molecule has 1 unspecified atom stereocenters. The largest absolute Gasteiger partial charge is 0.118 e. The molecule has 0 saturated heterocycles. The molecule has 1 aromatic rings. The summed E-state index contributed by atoms with van der Waals surface area (Å²) in [6.45, 7) is 0. The highest BCUT2D eigenvalue weighted by Crippen LogP contribution is 2.31. The van der Waals surface area contributed by atoms with Crippen LogP contribution in [0, 0.1) is 0 Å². The van der Waals surface area contributed by atoms with Gasteiger partial charge < -0.3 is 0 Å². The molecule has 15 heavy (non-hydrogen) atoms. The van der Waals surface area contributed by atoms with Gasteiger partial charge in [0.1, 0.15) is 0 Å². The number of benzene rings is 1. The van der Waals surface area contributed by atoms with Crippen LogP contribution in [0.2, 0.25) is 5.02 Å². The summed E-state index contributed by atoms with van der Waals surface area (Å²) in [5, 5.41) is 0.994. The van der Waals surface area contributed by atoms with Gasteiger partial charge in [-0.3, -0.25) is 0 Å². The van der Waals surface area contributed by atoms with Gasteiger partial charge in [-0.05, 0) is 36.5 Å². The molecule has 0 bridgehead atoms. The molecule has 1 aromatic carbocycles. The molecule has 0 saturated carbocycles. The minimum absolute atomic E-state index is 0.166. The van der Waals surface area contributed by atoms with Gasteiger partial charge in [0, 0.05) is 5.02 Å². The van der Waals surface area contributed by atoms with Gasteiger partial charge in [0.05, 0.1) is 5.38 Å². The van der Waals surface area contributed by atoms with Gasteiger partial charge in [-0.2, -0.15) is 0 Å². The molecule has 0 heterocycles. The lowest BCUT2D eigenvalue weighted by Crippen LogP contribution is -1.91. The predicted octanol–water partition coefficient (Wildman–Crippen LogP) is 4.90. The quantitative estimate of drug-likeness (QED) is 0.613. The summed E-state index contributed by atoms with van der Waals surface area (Å²) in [5.74, 6) is 0. The van der Waals surface area contributed by atoms with E-state index in [2.05, 4.69) is 12.1 Å². The standard InChI is InChI=1S/C13H14Cl2/c14-11-6-2-1-5-10(9-11)12-7-3-4-8-13(12)15/h3-4,7-9,11H,1-2,5-6H2. The zero-order valence-electron chi connectivity index (χ0n) is 8.55. The van der Waals surface area contributed by atoms with Gasteiger partial charge in [-0.1, -0.05) is 42.3 Å². The molecule has 0 aliphatic heterocycles. The van der Waals surface area contributed by atoms with Crippen molar-refractivity contribution in [3.8, 4) is 0 Å². The van der Waals surface area contributed by atoms with Crippen LogP contribution in [-0.4, -0.2) is 5.38 Å². The van der Waals surface area contributed by atoms with Crippen LogP contribution in [0.25, 0.3) is 5.57 Å². The van der Waals surface area contributed by atoms with E-state index in [4.69, 9.17) is 23.2 Å². The Morgan fingerprint density at radius 1 is 1.13 bits per heavy atom. The minimum atomic E-state index is 0.166. The van der Waals surface area contributed by atoms with E-state index in [9.17, 15) is 0 Å². The summed E-state index contributed by atoms with van der Waals surface area (Å²) < 4.78 is 0. The lowest BCUT2D eigenvalue weighted by Gasteiger charge is -2.08. The smallest absolute Gasteiger partial charge is 0.0521 e. The average molecular weight is 241 g/mol. The molecule has 0 spiro atoms. The number of hydrogen-bond donors (Lipinski definition) is 0. The highest BCUT2D eigenvalue weighted by molar-refractivity contribution is 6.32. The van der Waals surface area contributed by atoms with Gasteiger partial charge >= 0.3 is 0 Å². The maximum Gasteiger partial charge on any atom is 0.0521 e. The van der Waals surface area contributed by atoms with Crippen molar-refractivity contribution in [1.29, 1.82) is 0 Å². The fourth-order valence-electron chi connectivity index (χ4n) is 1.99. The normalized spacial score (nSPS) is 22.0. The van der Waals surface area contributed by atoms with E-state index in [1.54, 1.807) is 0 Å². The van der Waals surface area contributed by atoms with Crippen molar-refractivity contribution in [3.05, 3.63) is 40.9 Å². The highest BCUT2D eigenvalue weighted by atomic mass is 35.5. The third kappa shape index (κ3) is 2.76. The number of halogens is 2. The van der Waals surface area contributed by atoms with Gasteiger partial charge in [0.2, 0.25) is 0 Å². The maximum atomic E-state index is 6.20. The Balaban J connectivity index is 2.33. The van der Waals surface area contributed by atoms with Crippen LogP contribution in [0.1, 0.15) is 31.2 Å². The maximum absolute atomic E-state index is 6.20. The third-order valence-corrected chi connectivity index (χ3v) is 3.45. The molecule has 0 nitrogen and oxygen atoms in total. The molecule has 2 heteroatoms. The molecule has 0 radical (unpaired) electrons. The van der Waals surface area contributed by atoms with Gasteiger partial charge in [0.25, 0.3) is 0 Å². The van der Waals surface area contributed by atoms with Crippen molar-refractivity contribution in [3.63, 3.8) is 0 Å². The second-order valence-corrected chi connectivity index (χ2v) is 4.90. The van der Waals surface area contributed by atoms with Crippen LogP contribution in [-0.2, 0) is 0 Å². The van der Waals surface area contributed by atoms with E-state index in [0.717, 1.165) is 23.4 Å². The van der Waals surface area contributed by atoms with Crippen LogP contribution in [0.4, 0.5) is 0 Å². The molecule has 0 fully saturated rings. The predicted molar refractivity (Wildman–Crippen MR) is 67.5 cm³/mol. The molecule has 0 aromatic heterocycles. The number of alkyl halides is 1. The highest BCUT2D eigenvalue weighted by Gasteiger charge is 2.12. The monoisotopic (exact) mass is 240 g/mol. The Morgan fingerprint density at radius 2 is 1.93 bits per heavy atom. The number of rotatable bonds is 1. The second kappa shape index (κ2) is 5.05. The van der Waals surface area contributed by atoms with E-state index < -0.39 is 0 Å². The molecule has 1 aliphatic carbocycles. The van der Waals surface area contributed by atoms with E-state index in [-0.39, 0.29) is 5.38 Å². The zero-order chi connectivity index (χ0) is 10.7. The van der Waals surface area contributed by atoms with Crippen LogP contribution >= 0.6 is 23.2 Å². The summed E-state index contributed by atoms with van der Waals surface area (Å²) in [4.78, 5) is 0. The summed E-state index contributed by atoms with van der Waals surface area (Å²) in [6, 6.07) is 7.99. The SMILES string of the molecule is Clc1ccccc1C1=CC(Cl)CCCC1.